The van der Waals surface area contributed by atoms with Crippen molar-refractivity contribution in [3.05, 3.63) is 48.0 Å². The summed E-state index contributed by atoms with van der Waals surface area (Å²) in [6.07, 6.45) is 0.748. The molecule has 0 fully saturated rings. The molecule has 3 unspecified atom stereocenters. The SMILES string of the molecule is Cc1cccc(SCC(C)CC2CSc3ccccc3OC2N)c1O. The van der Waals surface area contributed by atoms with Crippen LogP contribution < -0.4 is 10.5 Å². The highest BCUT2D eigenvalue weighted by atomic mass is 32.2. The number of para-hydroxylation sites is 2. The minimum Gasteiger partial charge on any atom is -0.507 e. The van der Waals surface area contributed by atoms with Gasteiger partial charge in [0.1, 0.15) is 11.5 Å². The predicted molar refractivity (Wildman–Crippen MR) is 107 cm³/mol. The Labute approximate surface area is 158 Å². The lowest BCUT2D eigenvalue weighted by Gasteiger charge is -2.24. The molecule has 3 nitrogen and oxygen atoms in total. The third kappa shape index (κ3) is 4.66. The highest BCUT2D eigenvalue weighted by molar-refractivity contribution is 7.99. The Bertz CT molecular complexity index is 723. The van der Waals surface area contributed by atoms with E-state index in [0.717, 1.165) is 34.1 Å². The van der Waals surface area contributed by atoms with E-state index in [2.05, 4.69) is 13.0 Å². The first-order valence-corrected chi connectivity index (χ1v) is 10.6. The zero-order valence-electron chi connectivity index (χ0n) is 14.6. The van der Waals surface area contributed by atoms with Gasteiger partial charge in [0.25, 0.3) is 0 Å². The average Bonchev–Trinajstić information content (AvgIpc) is 2.75. The third-order valence-electron chi connectivity index (χ3n) is 4.46. The van der Waals surface area contributed by atoms with Crippen LogP contribution in [-0.2, 0) is 0 Å². The van der Waals surface area contributed by atoms with Crippen LogP contribution in [0.1, 0.15) is 18.9 Å². The minimum absolute atomic E-state index is 0.268. The maximum Gasteiger partial charge on any atom is 0.151 e. The second-order valence-electron chi connectivity index (χ2n) is 6.67. The molecule has 3 N–H and O–H groups in total. The van der Waals surface area contributed by atoms with Crippen LogP contribution in [0.25, 0.3) is 0 Å². The fourth-order valence-corrected chi connectivity index (χ4v) is 5.19. The number of benzene rings is 2. The van der Waals surface area contributed by atoms with Crippen molar-refractivity contribution in [1.82, 2.24) is 0 Å². The fraction of sp³-hybridized carbons (Fsp3) is 0.400. The molecule has 1 aliphatic heterocycles. The van der Waals surface area contributed by atoms with Gasteiger partial charge in [-0.05, 0) is 43.0 Å². The van der Waals surface area contributed by atoms with Crippen LogP contribution in [0, 0.1) is 18.8 Å². The van der Waals surface area contributed by atoms with Crippen LogP contribution in [0.4, 0.5) is 0 Å². The highest BCUT2D eigenvalue weighted by Gasteiger charge is 2.26. The number of nitrogens with two attached hydrogens (primary N) is 1. The van der Waals surface area contributed by atoms with Gasteiger partial charge in [-0.25, -0.2) is 0 Å². The van der Waals surface area contributed by atoms with Crippen molar-refractivity contribution in [1.29, 1.82) is 0 Å². The molecule has 1 heterocycles. The van der Waals surface area contributed by atoms with Gasteiger partial charge in [0, 0.05) is 27.2 Å². The van der Waals surface area contributed by atoms with E-state index in [9.17, 15) is 5.11 Å². The molecule has 25 heavy (non-hydrogen) atoms. The number of phenols is 1. The molecule has 1 aliphatic rings. The molecule has 134 valence electrons. The highest BCUT2D eigenvalue weighted by Crippen LogP contribution is 2.38. The van der Waals surface area contributed by atoms with Gasteiger partial charge in [-0.15, -0.1) is 23.5 Å². The molecule has 0 aromatic heterocycles. The maximum atomic E-state index is 10.1. The molecule has 0 spiro atoms. The molecule has 5 heteroatoms. The van der Waals surface area contributed by atoms with Crippen molar-refractivity contribution in [3.63, 3.8) is 0 Å². The largest absolute Gasteiger partial charge is 0.507 e. The van der Waals surface area contributed by atoms with E-state index < -0.39 is 0 Å². The molecule has 0 saturated carbocycles. The summed E-state index contributed by atoms with van der Waals surface area (Å²) in [4.78, 5) is 2.13. The van der Waals surface area contributed by atoms with Crippen molar-refractivity contribution in [2.75, 3.05) is 11.5 Å². The summed E-state index contributed by atoms with van der Waals surface area (Å²) in [6.45, 7) is 4.18. The molecule has 3 atom stereocenters. The molecule has 2 aromatic carbocycles. The lowest BCUT2D eigenvalue weighted by molar-refractivity contribution is 0.138. The summed E-state index contributed by atoms with van der Waals surface area (Å²) in [5.41, 5.74) is 7.23. The van der Waals surface area contributed by atoms with Gasteiger partial charge in [-0.2, -0.15) is 0 Å². The normalized spacial score (nSPS) is 21.1. The number of ether oxygens (including phenoxy) is 1. The molecule has 0 aliphatic carbocycles. The van der Waals surface area contributed by atoms with Gasteiger partial charge in [-0.1, -0.05) is 31.2 Å². The molecule has 2 aromatic rings. The van der Waals surface area contributed by atoms with Gasteiger partial charge in [0.15, 0.2) is 6.23 Å². The first-order valence-electron chi connectivity index (χ1n) is 8.60. The number of hydrogen-bond donors (Lipinski definition) is 2. The number of hydrogen-bond acceptors (Lipinski definition) is 5. The zero-order chi connectivity index (χ0) is 17.8. The van der Waals surface area contributed by atoms with Gasteiger partial charge in [0.2, 0.25) is 0 Å². The van der Waals surface area contributed by atoms with E-state index in [4.69, 9.17) is 10.5 Å². The van der Waals surface area contributed by atoms with E-state index in [0.29, 0.717) is 17.6 Å². The molecule has 0 amide bonds. The second kappa shape index (κ2) is 8.39. The minimum atomic E-state index is -0.268. The molecule has 0 radical (unpaired) electrons. The Morgan fingerprint density at radius 1 is 1.28 bits per heavy atom. The van der Waals surface area contributed by atoms with Gasteiger partial charge >= 0.3 is 0 Å². The average molecular weight is 376 g/mol. The summed E-state index contributed by atoms with van der Waals surface area (Å²) in [6, 6.07) is 14.0. The Balaban J connectivity index is 1.56. The molecule has 0 saturated heterocycles. The Kier molecular flexibility index (Phi) is 6.20. The summed E-state index contributed by atoms with van der Waals surface area (Å²) in [5, 5.41) is 10.1. The summed E-state index contributed by atoms with van der Waals surface area (Å²) >= 11 is 3.54. The zero-order valence-corrected chi connectivity index (χ0v) is 16.3. The van der Waals surface area contributed by atoms with Crippen LogP contribution in [0.15, 0.2) is 52.3 Å². The lowest BCUT2D eigenvalue weighted by atomic mass is 9.97. The summed E-state index contributed by atoms with van der Waals surface area (Å²) in [7, 11) is 0. The number of aromatic hydroxyl groups is 1. The maximum absolute atomic E-state index is 10.1. The topological polar surface area (TPSA) is 55.5 Å². The third-order valence-corrected chi connectivity index (χ3v) is 7.08. The Hall–Kier alpha value is -1.30. The smallest absolute Gasteiger partial charge is 0.151 e. The van der Waals surface area contributed by atoms with Crippen LogP contribution >= 0.6 is 23.5 Å². The fourth-order valence-electron chi connectivity index (χ4n) is 2.97. The lowest BCUT2D eigenvalue weighted by Crippen LogP contribution is -2.37. The molecule has 3 rings (SSSR count). The van der Waals surface area contributed by atoms with Crippen molar-refractivity contribution in [2.45, 2.75) is 36.3 Å². The first-order chi connectivity index (χ1) is 12.0. The van der Waals surface area contributed by atoms with Gasteiger partial charge < -0.3 is 9.84 Å². The Morgan fingerprint density at radius 3 is 2.92 bits per heavy atom. The monoisotopic (exact) mass is 375 g/mol. The van der Waals surface area contributed by atoms with Crippen molar-refractivity contribution < 1.29 is 9.84 Å². The number of rotatable bonds is 5. The number of aryl methyl sites for hydroxylation is 1. The van der Waals surface area contributed by atoms with Gasteiger partial charge in [-0.3, -0.25) is 5.73 Å². The molecule has 0 bridgehead atoms. The van der Waals surface area contributed by atoms with Crippen molar-refractivity contribution >= 4 is 23.5 Å². The van der Waals surface area contributed by atoms with E-state index in [-0.39, 0.29) is 6.23 Å². The quantitative estimate of drug-likeness (QED) is 0.728. The number of fused-ring (bicyclic) bond motifs is 1. The van der Waals surface area contributed by atoms with Crippen molar-refractivity contribution in [3.8, 4) is 11.5 Å². The van der Waals surface area contributed by atoms with E-state index >= 15 is 0 Å². The van der Waals surface area contributed by atoms with Crippen LogP contribution in [-0.4, -0.2) is 22.8 Å². The van der Waals surface area contributed by atoms with Crippen LogP contribution in [0.2, 0.25) is 0 Å². The molecular weight excluding hydrogens is 350 g/mol. The Morgan fingerprint density at radius 2 is 2.08 bits per heavy atom. The number of thioether (sulfide) groups is 2. The van der Waals surface area contributed by atoms with Crippen molar-refractivity contribution in [2.24, 2.45) is 17.6 Å². The van der Waals surface area contributed by atoms with E-state index in [1.54, 1.807) is 11.8 Å². The van der Waals surface area contributed by atoms with E-state index in [1.807, 2.05) is 55.1 Å². The van der Waals surface area contributed by atoms with Crippen LogP contribution in [0.3, 0.4) is 0 Å². The second-order valence-corrected chi connectivity index (χ2v) is 8.80. The van der Waals surface area contributed by atoms with Gasteiger partial charge in [0.05, 0.1) is 0 Å². The first kappa shape index (κ1) is 18.5. The summed E-state index contributed by atoms with van der Waals surface area (Å²) in [5.74, 6) is 4.04. The predicted octanol–water partition coefficient (Wildman–Crippen LogP) is 4.90. The number of phenolic OH excluding ortho intramolecular Hbond substituents is 1. The van der Waals surface area contributed by atoms with E-state index in [1.165, 1.54) is 4.90 Å². The summed E-state index contributed by atoms with van der Waals surface area (Å²) < 4.78 is 5.98. The molecular formula is C20H25NO2S2. The standard InChI is InChI=1S/C20H25NO2S2/c1-13(11-24-18-9-5-6-14(2)19(18)22)10-15-12-25-17-8-4-3-7-16(17)23-20(15)21/h3-9,13,15,20,22H,10-12,21H2,1-2H3. The van der Waals surface area contributed by atoms with Crippen LogP contribution in [0.5, 0.6) is 11.5 Å².